The van der Waals surface area contributed by atoms with Crippen LogP contribution >= 0.6 is 0 Å². The molecule has 1 aromatic carbocycles. The molecule has 4 heteroatoms. The highest BCUT2D eigenvalue weighted by Crippen LogP contribution is 2.24. The molecule has 0 aromatic heterocycles. The van der Waals surface area contributed by atoms with Crippen LogP contribution in [0.4, 0.5) is 5.69 Å². The molecule has 1 rings (SSSR count). The summed E-state index contributed by atoms with van der Waals surface area (Å²) in [5.41, 5.74) is 7.06. The fraction of sp³-hybridized carbons (Fsp3) is 0.533. The van der Waals surface area contributed by atoms with Crippen molar-refractivity contribution in [1.29, 1.82) is 0 Å². The number of phenols is 1. The summed E-state index contributed by atoms with van der Waals surface area (Å²) in [5.74, 6) is 0.499. The van der Waals surface area contributed by atoms with Crippen LogP contribution in [-0.2, 0) is 11.2 Å². The smallest absolute Gasteiger partial charge is 0.224 e. The van der Waals surface area contributed by atoms with Gasteiger partial charge in [-0.15, -0.1) is 0 Å². The number of amides is 1. The van der Waals surface area contributed by atoms with Gasteiger partial charge in [-0.3, -0.25) is 4.79 Å². The zero-order valence-electron chi connectivity index (χ0n) is 11.8. The third kappa shape index (κ3) is 5.30. The Balaban J connectivity index is 2.52. The van der Waals surface area contributed by atoms with Crippen LogP contribution in [0.2, 0.25) is 0 Å². The van der Waals surface area contributed by atoms with Gasteiger partial charge in [0.2, 0.25) is 5.91 Å². The summed E-state index contributed by atoms with van der Waals surface area (Å²) in [6.45, 7) is 4.78. The summed E-state index contributed by atoms with van der Waals surface area (Å²) in [6, 6.07) is 5.29. The third-order valence-electron chi connectivity index (χ3n) is 3.27. The van der Waals surface area contributed by atoms with Crippen molar-refractivity contribution in [3.8, 4) is 5.75 Å². The topological polar surface area (TPSA) is 75.3 Å². The lowest BCUT2D eigenvalue weighted by Crippen LogP contribution is -2.14. The highest BCUT2D eigenvalue weighted by molar-refractivity contribution is 5.92. The summed E-state index contributed by atoms with van der Waals surface area (Å²) in [4.78, 5) is 11.8. The van der Waals surface area contributed by atoms with Crippen molar-refractivity contribution in [2.75, 3.05) is 11.9 Å². The molecule has 0 aliphatic rings. The third-order valence-corrected chi connectivity index (χ3v) is 3.27. The van der Waals surface area contributed by atoms with Gasteiger partial charge in [0, 0.05) is 6.42 Å². The molecule has 0 bridgehead atoms. The fourth-order valence-corrected chi connectivity index (χ4v) is 1.92. The number of nitrogens with two attached hydrogens (primary N) is 1. The molecule has 4 N–H and O–H groups in total. The van der Waals surface area contributed by atoms with Crippen molar-refractivity contribution in [3.05, 3.63) is 23.8 Å². The maximum Gasteiger partial charge on any atom is 0.224 e. The van der Waals surface area contributed by atoms with Crippen molar-refractivity contribution < 1.29 is 9.90 Å². The van der Waals surface area contributed by atoms with E-state index in [1.165, 1.54) is 0 Å². The predicted octanol–water partition coefficient (Wildman–Crippen LogP) is 2.66. The second-order valence-electron chi connectivity index (χ2n) is 4.97. The predicted molar refractivity (Wildman–Crippen MR) is 78.2 cm³/mol. The Hall–Kier alpha value is -1.55. The largest absolute Gasteiger partial charge is 0.506 e. The fourth-order valence-electron chi connectivity index (χ4n) is 1.92. The van der Waals surface area contributed by atoms with Gasteiger partial charge in [0.25, 0.3) is 0 Å². The minimum atomic E-state index is -0.0626. The minimum absolute atomic E-state index is 0.0626. The van der Waals surface area contributed by atoms with Crippen LogP contribution in [0.1, 0.15) is 38.7 Å². The van der Waals surface area contributed by atoms with Crippen LogP contribution in [0.3, 0.4) is 0 Å². The zero-order valence-corrected chi connectivity index (χ0v) is 11.8. The molecule has 0 heterocycles. The van der Waals surface area contributed by atoms with E-state index < -0.39 is 0 Å². The standard InChI is InChI=1S/C15H24N2O2/c1-3-12-5-6-14(18)13(10-12)17-15(19)7-4-11(2)8-9-16/h5-6,10-11,18H,3-4,7-9,16H2,1-2H3,(H,17,19). The summed E-state index contributed by atoms with van der Waals surface area (Å²) in [5, 5.41) is 12.5. The first kappa shape index (κ1) is 15.5. The first-order chi connectivity index (χ1) is 9.06. The van der Waals surface area contributed by atoms with Crippen molar-refractivity contribution in [2.45, 2.75) is 39.5 Å². The highest BCUT2D eigenvalue weighted by Gasteiger charge is 2.09. The summed E-state index contributed by atoms with van der Waals surface area (Å²) >= 11 is 0. The number of nitrogens with one attached hydrogen (secondary N) is 1. The Morgan fingerprint density at radius 1 is 1.42 bits per heavy atom. The first-order valence-corrected chi connectivity index (χ1v) is 6.88. The number of carbonyl (C=O) groups is 1. The average Bonchev–Trinajstić information content (AvgIpc) is 2.39. The zero-order chi connectivity index (χ0) is 14.3. The Labute approximate surface area is 115 Å². The van der Waals surface area contributed by atoms with Gasteiger partial charge in [0.15, 0.2) is 0 Å². The van der Waals surface area contributed by atoms with Crippen LogP contribution in [-0.4, -0.2) is 17.6 Å². The SMILES string of the molecule is CCc1ccc(O)c(NC(=O)CCC(C)CCN)c1. The van der Waals surface area contributed by atoms with Gasteiger partial charge in [-0.1, -0.05) is 19.9 Å². The van der Waals surface area contributed by atoms with E-state index in [0.29, 0.717) is 24.6 Å². The van der Waals surface area contributed by atoms with E-state index >= 15 is 0 Å². The van der Waals surface area contributed by atoms with Gasteiger partial charge in [-0.25, -0.2) is 0 Å². The molecule has 1 unspecified atom stereocenters. The number of aromatic hydroxyl groups is 1. The molecule has 1 atom stereocenters. The Morgan fingerprint density at radius 3 is 2.79 bits per heavy atom. The van der Waals surface area contributed by atoms with E-state index in [1.54, 1.807) is 6.07 Å². The monoisotopic (exact) mass is 264 g/mol. The molecule has 0 saturated heterocycles. The summed E-state index contributed by atoms with van der Waals surface area (Å²) in [7, 11) is 0. The van der Waals surface area contributed by atoms with Crippen LogP contribution in [0.5, 0.6) is 5.75 Å². The van der Waals surface area contributed by atoms with Crippen molar-refractivity contribution in [3.63, 3.8) is 0 Å². The van der Waals surface area contributed by atoms with Crippen LogP contribution in [0.25, 0.3) is 0 Å². The molecule has 0 fully saturated rings. The number of phenolic OH excluding ortho intramolecular Hbond substituents is 1. The number of hydrogen-bond donors (Lipinski definition) is 3. The number of hydrogen-bond acceptors (Lipinski definition) is 3. The van der Waals surface area contributed by atoms with E-state index in [-0.39, 0.29) is 11.7 Å². The average molecular weight is 264 g/mol. The van der Waals surface area contributed by atoms with Crippen LogP contribution in [0.15, 0.2) is 18.2 Å². The van der Waals surface area contributed by atoms with E-state index in [9.17, 15) is 9.90 Å². The second kappa shape index (κ2) is 7.79. The minimum Gasteiger partial charge on any atom is -0.506 e. The molecule has 106 valence electrons. The van der Waals surface area contributed by atoms with Gasteiger partial charge in [0.1, 0.15) is 5.75 Å². The number of anilines is 1. The molecule has 19 heavy (non-hydrogen) atoms. The van der Waals surface area contributed by atoms with Crippen molar-refractivity contribution in [2.24, 2.45) is 11.7 Å². The molecule has 0 aliphatic carbocycles. The molecule has 0 spiro atoms. The van der Waals surface area contributed by atoms with Gasteiger partial charge >= 0.3 is 0 Å². The molecular formula is C15H24N2O2. The maximum atomic E-state index is 11.8. The number of carbonyl (C=O) groups excluding carboxylic acids is 1. The normalized spacial score (nSPS) is 12.2. The highest BCUT2D eigenvalue weighted by atomic mass is 16.3. The Bertz CT molecular complexity index is 419. The van der Waals surface area contributed by atoms with Crippen LogP contribution < -0.4 is 11.1 Å². The summed E-state index contributed by atoms with van der Waals surface area (Å²) in [6.07, 6.45) is 3.08. The van der Waals surface area contributed by atoms with E-state index in [2.05, 4.69) is 12.2 Å². The lowest BCUT2D eigenvalue weighted by molar-refractivity contribution is -0.116. The first-order valence-electron chi connectivity index (χ1n) is 6.88. The molecule has 4 nitrogen and oxygen atoms in total. The molecular weight excluding hydrogens is 240 g/mol. The number of rotatable bonds is 7. The van der Waals surface area contributed by atoms with E-state index in [4.69, 9.17) is 5.73 Å². The summed E-state index contributed by atoms with van der Waals surface area (Å²) < 4.78 is 0. The van der Waals surface area contributed by atoms with E-state index in [0.717, 1.165) is 24.8 Å². The van der Waals surface area contributed by atoms with Gasteiger partial charge < -0.3 is 16.2 Å². The van der Waals surface area contributed by atoms with Gasteiger partial charge in [0.05, 0.1) is 5.69 Å². The quantitative estimate of drug-likeness (QED) is 0.663. The molecule has 1 aromatic rings. The Kier molecular flexibility index (Phi) is 6.36. The lowest BCUT2D eigenvalue weighted by atomic mass is 10.0. The molecule has 0 aliphatic heterocycles. The molecule has 0 saturated carbocycles. The van der Waals surface area contributed by atoms with E-state index in [1.807, 2.05) is 19.1 Å². The lowest BCUT2D eigenvalue weighted by Gasteiger charge is -2.11. The maximum absolute atomic E-state index is 11.8. The second-order valence-corrected chi connectivity index (χ2v) is 4.97. The van der Waals surface area contributed by atoms with Crippen molar-refractivity contribution in [1.82, 2.24) is 0 Å². The molecule has 0 radical (unpaired) electrons. The Morgan fingerprint density at radius 2 is 2.16 bits per heavy atom. The molecule has 1 amide bonds. The number of benzene rings is 1. The van der Waals surface area contributed by atoms with Gasteiger partial charge in [-0.2, -0.15) is 0 Å². The van der Waals surface area contributed by atoms with Crippen molar-refractivity contribution >= 4 is 11.6 Å². The van der Waals surface area contributed by atoms with Crippen LogP contribution in [0, 0.1) is 5.92 Å². The van der Waals surface area contributed by atoms with Gasteiger partial charge in [-0.05, 0) is 49.4 Å². The number of aryl methyl sites for hydroxylation is 1.